The summed E-state index contributed by atoms with van der Waals surface area (Å²) in [6.07, 6.45) is 0. The summed E-state index contributed by atoms with van der Waals surface area (Å²) in [5.41, 5.74) is 3.61. The van der Waals surface area contributed by atoms with Crippen LogP contribution in [-0.2, 0) is 0 Å². The minimum Gasteiger partial charge on any atom is -0.508 e. The van der Waals surface area contributed by atoms with Gasteiger partial charge in [-0.05, 0) is 55.0 Å². The van der Waals surface area contributed by atoms with E-state index in [2.05, 4.69) is 28.9 Å². The molecule has 0 aromatic heterocycles. The molecule has 0 atom stereocenters. The third-order valence-corrected chi connectivity index (χ3v) is 3.94. The van der Waals surface area contributed by atoms with E-state index in [0.29, 0.717) is 5.75 Å². The number of ether oxygens (including phenoxy) is 1. The fraction of sp³-hybridized carbons (Fsp3) is 0.294. The van der Waals surface area contributed by atoms with E-state index in [4.69, 9.17) is 4.74 Å². The number of rotatable bonds is 3. The van der Waals surface area contributed by atoms with E-state index in [9.17, 15) is 5.11 Å². The van der Waals surface area contributed by atoms with Crippen LogP contribution in [0, 0.1) is 6.92 Å². The van der Waals surface area contributed by atoms with Crippen LogP contribution in [0.1, 0.15) is 5.56 Å². The normalized spacial score (nSPS) is 14.6. The largest absolute Gasteiger partial charge is 0.508 e. The summed E-state index contributed by atoms with van der Waals surface area (Å²) < 4.78 is 5.26. The highest BCUT2D eigenvalue weighted by Crippen LogP contribution is 2.28. The zero-order valence-corrected chi connectivity index (χ0v) is 12.4. The first-order chi connectivity index (χ1) is 10.2. The lowest BCUT2D eigenvalue weighted by atomic mass is 10.2. The van der Waals surface area contributed by atoms with Crippen molar-refractivity contribution in [2.75, 3.05) is 36.7 Å². The minimum atomic E-state index is 0.306. The highest BCUT2D eigenvalue weighted by Gasteiger charge is 2.21. The van der Waals surface area contributed by atoms with Gasteiger partial charge in [-0.15, -0.1) is 0 Å². The van der Waals surface area contributed by atoms with Crippen molar-refractivity contribution in [1.29, 1.82) is 0 Å². The maximum atomic E-state index is 9.37. The summed E-state index contributed by atoms with van der Waals surface area (Å²) in [4.78, 5) is 4.67. The van der Waals surface area contributed by atoms with Crippen LogP contribution in [0.15, 0.2) is 42.5 Å². The van der Waals surface area contributed by atoms with Gasteiger partial charge in [0.1, 0.15) is 11.5 Å². The summed E-state index contributed by atoms with van der Waals surface area (Å²) in [5, 5.41) is 9.37. The van der Waals surface area contributed by atoms with Gasteiger partial charge in [0.25, 0.3) is 0 Å². The van der Waals surface area contributed by atoms with E-state index < -0.39 is 0 Å². The topological polar surface area (TPSA) is 35.9 Å². The predicted molar refractivity (Wildman–Crippen MR) is 85.4 cm³/mol. The molecule has 1 aliphatic rings. The van der Waals surface area contributed by atoms with Crippen molar-refractivity contribution in [3.8, 4) is 11.5 Å². The number of phenols is 1. The highest BCUT2D eigenvalue weighted by atomic mass is 16.5. The van der Waals surface area contributed by atoms with Crippen LogP contribution in [0.5, 0.6) is 11.5 Å². The first kappa shape index (κ1) is 13.6. The monoisotopic (exact) mass is 284 g/mol. The van der Waals surface area contributed by atoms with Crippen molar-refractivity contribution in [3.63, 3.8) is 0 Å². The number of methoxy groups -OCH3 is 1. The molecule has 21 heavy (non-hydrogen) atoms. The summed E-state index contributed by atoms with van der Waals surface area (Å²) in [6, 6.07) is 13.6. The van der Waals surface area contributed by atoms with Gasteiger partial charge in [-0.2, -0.15) is 0 Å². The molecule has 2 aromatic carbocycles. The Balaban J connectivity index is 1.76. The average Bonchev–Trinajstić information content (AvgIpc) is 2.97. The predicted octanol–water partition coefficient (Wildman–Crippen LogP) is 2.99. The molecule has 0 amide bonds. The zero-order chi connectivity index (χ0) is 14.8. The number of benzene rings is 2. The van der Waals surface area contributed by atoms with E-state index in [-0.39, 0.29) is 0 Å². The third-order valence-electron chi connectivity index (χ3n) is 3.94. The second kappa shape index (κ2) is 5.56. The van der Waals surface area contributed by atoms with Gasteiger partial charge in [-0.3, -0.25) is 0 Å². The summed E-state index contributed by atoms with van der Waals surface area (Å²) in [5.74, 6) is 1.20. The second-order valence-electron chi connectivity index (χ2n) is 5.34. The fourth-order valence-corrected chi connectivity index (χ4v) is 2.77. The van der Waals surface area contributed by atoms with Gasteiger partial charge in [0.05, 0.1) is 13.8 Å². The van der Waals surface area contributed by atoms with Gasteiger partial charge in [-0.25, -0.2) is 0 Å². The Morgan fingerprint density at radius 2 is 1.71 bits per heavy atom. The molecule has 0 unspecified atom stereocenters. The van der Waals surface area contributed by atoms with Crippen molar-refractivity contribution in [2.45, 2.75) is 6.92 Å². The van der Waals surface area contributed by atoms with Crippen LogP contribution in [-0.4, -0.2) is 32.0 Å². The smallest absolute Gasteiger partial charge is 0.119 e. The Morgan fingerprint density at radius 1 is 1.00 bits per heavy atom. The molecule has 1 heterocycles. The van der Waals surface area contributed by atoms with Crippen molar-refractivity contribution >= 4 is 11.4 Å². The summed E-state index contributed by atoms with van der Waals surface area (Å²) >= 11 is 0. The van der Waals surface area contributed by atoms with Crippen LogP contribution in [0.2, 0.25) is 0 Å². The molecule has 110 valence electrons. The number of hydrogen-bond acceptors (Lipinski definition) is 4. The Labute approximate surface area is 125 Å². The molecule has 1 N–H and O–H groups in total. The van der Waals surface area contributed by atoms with Crippen molar-refractivity contribution in [3.05, 3.63) is 48.0 Å². The highest BCUT2D eigenvalue weighted by molar-refractivity contribution is 5.60. The maximum Gasteiger partial charge on any atom is 0.119 e. The molecule has 0 radical (unpaired) electrons. The van der Waals surface area contributed by atoms with Crippen molar-refractivity contribution < 1.29 is 9.84 Å². The van der Waals surface area contributed by atoms with Crippen LogP contribution in [0.3, 0.4) is 0 Å². The number of aryl methyl sites for hydroxylation is 1. The van der Waals surface area contributed by atoms with Crippen molar-refractivity contribution in [1.82, 2.24) is 0 Å². The van der Waals surface area contributed by atoms with Gasteiger partial charge in [-0.1, -0.05) is 0 Å². The van der Waals surface area contributed by atoms with Crippen LogP contribution >= 0.6 is 0 Å². The van der Waals surface area contributed by atoms with E-state index in [1.54, 1.807) is 19.2 Å². The summed E-state index contributed by atoms with van der Waals surface area (Å²) in [6.45, 7) is 4.95. The molecule has 3 rings (SSSR count). The van der Waals surface area contributed by atoms with Gasteiger partial charge in [0.15, 0.2) is 0 Å². The number of nitrogens with zero attached hydrogens (tertiary/aromatic N) is 2. The molecule has 1 saturated heterocycles. The fourth-order valence-electron chi connectivity index (χ4n) is 2.77. The first-order valence-corrected chi connectivity index (χ1v) is 7.11. The SMILES string of the molecule is COc1ccc(N2CCN(c3ccc(O)cc3)C2)c(C)c1. The van der Waals surface area contributed by atoms with E-state index in [0.717, 1.165) is 31.2 Å². The minimum absolute atomic E-state index is 0.306. The quantitative estimate of drug-likeness (QED) is 0.940. The number of aromatic hydroxyl groups is 1. The number of anilines is 2. The molecule has 1 aliphatic heterocycles. The Morgan fingerprint density at radius 3 is 2.38 bits per heavy atom. The molecule has 4 nitrogen and oxygen atoms in total. The van der Waals surface area contributed by atoms with Crippen LogP contribution in [0.25, 0.3) is 0 Å². The Bertz CT molecular complexity index is 625. The molecule has 0 spiro atoms. The van der Waals surface area contributed by atoms with E-state index in [1.807, 2.05) is 18.2 Å². The van der Waals surface area contributed by atoms with Gasteiger partial charge in [0, 0.05) is 24.5 Å². The van der Waals surface area contributed by atoms with Crippen LogP contribution in [0.4, 0.5) is 11.4 Å². The van der Waals surface area contributed by atoms with Gasteiger partial charge < -0.3 is 19.6 Å². The van der Waals surface area contributed by atoms with E-state index >= 15 is 0 Å². The maximum absolute atomic E-state index is 9.37. The lowest BCUT2D eigenvalue weighted by molar-refractivity contribution is 0.414. The third kappa shape index (κ3) is 2.75. The molecular weight excluding hydrogens is 264 g/mol. The van der Waals surface area contributed by atoms with E-state index in [1.165, 1.54) is 11.3 Å². The molecular formula is C17H20N2O2. The molecule has 2 aromatic rings. The number of phenolic OH excluding ortho intramolecular Hbond substituents is 1. The molecule has 0 bridgehead atoms. The van der Waals surface area contributed by atoms with Gasteiger partial charge >= 0.3 is 0 Å². The molecule has 0 saturated carbocycles. The molecule has 0 aliphatic carbocycles. The standard InChI is InChI=1S/C17H20N2O2/c1-13-11-16(21-2)7-8-17(13)19-10-9-18(12-19)14-3-5-15(20)6-4-14/h3-8,11,20H,9-10,12H2,1-2H3. The lowest BCUT2D eigenvalue weighted by Crippen LogP contribution is -2.25. The lowest BCUT2D eigenvalue weighted by Gasteiger charge is -2.23. The molecule has 1 fully saturated rings. The Hall–Kier alpha value is -2.36. The second-order valence-corrected chi connectivity index (χ2v) is 5.34. The zero-order valence-electron chi connectivity index (χ0n) is 12.4. The van der Waals surface area contributed by atoms with Gasteiger partial charge in [0.2, 0.25) is 0 Å². The molecule has 4 heteroatoms. The summed E-state index contributed by atoms with van der Waals surface area (Å²) in [7, 11) is 1.69. The average molecular weight is 284 g/mol. The van der Waals surface area contributed by atoms with Crippen LogP contribution < -0.4 is 14.5 Å². The first-order valence-electron chi connectivity index (χ1n) is 7.11. The van der Waals surface area contributed by atoms with Crippen molar-refractivity contribution in [2.24, 2.45) is 0 Å². The Kier molecular flexibility index (Phi) is 3.60. The number of hydrogen-bond donors (Lipinski definition) is 1.